The number of nitrogens with one attached hydrogen (secondary N) is 2. The van der Waals surface area contributed by atoms with Crippen LogP contribution in [0.2, 0.25) is 0 Å². The van der Waals surface area contributed by atoms with E-state index < -0.39 is 0 Å². The van der Waals surface area contributed by atoms with Gasteiger partial charge in [0, 0.05) is 26.8 Å². The van der Waals surface area contributed by atoms with Crippen molar-refractivity contribution in [3.05, 3.63) is 35.9 Å². The van der Waals surface area contributed by atoms with Crippen molar-refractivity contribution in [2.75, 3.05) is 26.8 Å². The molecule has 2 N–H and O–H groups in total. The van der Waals surface area contributed by atoms with Gasteiger partial charge in [-0.05, 0) is 37.2 Å². The van der Waals surface area contributed by atoms with Gasteiger partial charge in [0.15, 0.2) is 5.96 Å². The Balaban J connectivity index is 0.00000264. The lowest BCUT2D eigenvalue weighted by molar-refractivity contribution is 0.0732. The summed E-state index contributed by atoms with van der Waals surface area (Å²) >= 11 is 0. The SMILES string of the molecule is CCNC(=NCc1ccccc1)NCC1(CCOC)CCC1.I. The maximum Gasteiger partial charge on any atom is 0.191 e. The standard InChI is InChI=1S/C18H29N3O.HI/c1-3-19-17(20-14-16-8-5-4-6-9-16)21-15-18(10-7-11-18)12-13-22-2;/h4-6,8-9H,3,7,10-15H2,1-2H3,(H2,19,20,21);1H. The van der Waals surface area contributed by atoms with Gasteiger partial charge in [0.1, 0.15) is 0 Å². The molecule has 1 aromatic rings. The van der Waals surface area contributed by atoms with Gasteiger partial charge in [-0.1, -0.05) is 36.8 Å². The topological polar surface area (TPSA) is 45.7 Å². The third kappa shape index (κ3) is 6.67. The highest BCUT2D eigenvalue weighted by Crippen LogP contribution is 2.43. The highest BCUT2D eigenvalue weighted by molar-refractivity contribution is 14.0. The molecule has 1 aliphatic carbocycles. The molecule has 0 atom stereocenters. The van der Waals surface area contributed by atoms with Crippen molar-refractivity contribution in [1.29, 1.82) is 0 Å². The first-order valence-corrected chi connectivity index (χ1v) is 8.33. The van der Waals surface area contributed by atoms with Gasteiger partial charge in [0.25, 0.3) is 0 Å². The Hall–Kier alpha value is -0.820. The Bertz CT molecular complexity index is 461. The number of halogens is 1. The minimum atomic E-state index is 0. The first-order chi connectivity index (χ1) is 10.8. The maximum atomic E-state index is 5.26. The van der Waals surface area contributed by atoms with Crippen LogP contribution in [0, 0.1) is 5.41 Å². The van der Waals surface area contributed by atoms with Crippen LogP contribution in [0.15, 0.2) is 35.3 Å². The second-order valence-corrected chi connectivity index (χ2v) is 6.13. The van der Waals surface area contributed by atoms with E-state index >= 15 is 0 Å². The maximum absolute atomic E-state index is 5.26. The summed E-state index contributed by atoms with van der Waals surface area (Å²) in [6, 6.07) is 10.4. The average Bonchev–Trinajstić information content (AvgIpc) is 2.52. The van der Waals surface area contributed by atoms with Crippen molar-refractivity contribution in [3.63, 3.8) is 0 Å². The highest BCUT2D eigenvalue weighted by atomic mass is 127. The molecule has 0 radical (unpaired) electrons. The third-order valence-electron chi connectivity index (χ3n) is 4.49. The van der Waals surface area contributed by atoms with Gasteiger partial charge in [-0.25, -0.2) is 4.99 Å². The zero-order valence-electron chi connectivity index (χ0n) is 14.3. The van der Waals surface area contributed by atoms with E-state index in [1.807, 2.05) is 6.07 Å². The Morgan fingerprint density at radius 1 is 1.22 bits per heavy atom. The lowest BCUT2D eigenvalue weighted by Gasteiger charge is -2.42. The zero-order valence-corrected chi connectivity index (χ0v) is 16.6. The van der Waals surface area contributed by atoms with Crippen LogP contribution in [0.4, 0.5) is 0 Å². The van der Waals surface area contributed by atoms with Crippen molar-refractivity contribution < 1.29 is 4.74 Å². The van der Waals surface area contributed by atoms with Gasteiger partial charge < -0.3 is 15.4 Å². The second-order valence-electron chi connectivity index (χ2n) is 6.13. The molecule has 0 aromatic heterocycles. The summed E-state index contributed by atoms with van der Waals surface area (Å²) in [5.41, 5.74) is 1.64. The van der Waals surface area contributed by atoms with Gasteiger partial charge in [-0.2, -0.15) is 0 Å². The van der Waals surface area contributed by atoms with E-state index in [0.29, 0.717) is 12.0 Å². The third-order valence-corrected chi connectivity index (χ3v) is 4.49. The van der Waals surface area contributed by atoms with Crippen molar-refractivity contribution in [2.24, 2.45) is 10.4 Å². The lowest BCUT2D eigenvalue weighted by Crippen LogP contribution is -2.46. The van der Waals surface area contributed by atoms with Crippen molar-refractivity contribution in [1.82, 2.24) is 10.6 Å². The first-order valence-electron chi connectivity index (χ1n) is 8.33. The molecule has 1 saturated carbocycles. The summed E-state index contributed by atoms with van der Waals surface area (Å²) in [5, 5.41) is 6.86. The smallest absolute Gasteiger partial charge is 0.191 e. The van der Waals surface area contributed by atoms with Gasteiger partial charge in [-0.3, -0.25) is 0 Å². The number of benzene rings is 1. The minimum Gasteiger partial charge on any atom is -0.385 e. The molecule has 0 unspecified atom stereocenters. The van der Waals surface area contributed by atoms with Gasteiger partial charge in [0.2, 0.25) is 0 Å². The van der Waals surface area contributed by atoms with E-state index in [9.17, 15) is 0 Å². The molecule has 0 heterocycles. The molecule has 1 aliphatic rings. The monoisotopic (exact) mass is 431 g/mol. The second kappa shape index (κ2) is 10.9. The van der Waals surface area contributed by atoms with Gasteiger partial charge in [0.05, 0.1) is 6.54 Å². The zero-order chi connectivity index (χ0) is 15.7. The summed E-state index contributed by atoms with van der Waals surface area (Å²) in [6.45, 7) is 5.52. The Morgan fingerprint density at radius 3 is 2.52 bits per heavy atom. The molecular formula is C18H30IN3O. The van der Waals surface area contributed by atoms with Crippen LogP contribution in [-0.4, -0.2) is 32.8 Å². The summed E-state index contributed by atoms with van der Waals surface area (Å²) in [4.78, 5) is 4.69. The summed E-state index contributed by atoms with van der Waals surface area (Å²) in [7, 11) is 1.78. The fraction of sp³-hybridized carbons (Fsp3) is 0.611. The summed E-state index contributed by atoms with van der Waals surface area (Å²) in [5.74, 6) is 0.912. The molecule has 23 heavy (non-hydrogen) atoms. The molecule has 0 aliphatic heterocycles. The quantitative estimate of drug-likeness (QED) is 0.376. The van der Waals surface area contributed by atoms with Gasteiger partial charge >= 0.3 is 0 Å². The molecule has 0 bridgehead atoms. The van der Waals surface area contributed by atoms with Crippen LogP contribution < -0.4 is 10.6 Å². The predicted molar refractivity (Wildman–Crippen MR) is 107 cm³/mol. The summed E-state index contributed by atoms with van der Waals surface area (Å²) in [6.07, 6.45) is 5.06. The number of nitrogens with zero attached hydrogens (tertiary/aromatic N) is 1. The molecule has 1 aromatic carbocycles. The fourth-order valence-electron chi connectivity index (χ4n) is 2.88. The normalized spacial score (nSPS) is 16.2. The predicted octanol–water partition coefficient (Wildman–Crippen LogP) is 3.57. The lowest BCUT2D eigenvalue weighted by atomic mass is 9.67. The van der Waals surface area contributed by atoms with Crippen LogP contribution in [0.25, 0.3) is 0 Å². The van der Waals surface area contributed by atoms with E-state index in [4.69, 9.17) is 4.74 Å². The van der Waals surface area contributed by atoms with Crippen molar-refractivity contribution in [3.8, 4) is 0 Å². The van der Waals surface area contributed by atoms with E-state index in [0.717, 1.165) is 32.1 Å². The van der Waals surface area contributed by atoms with Crippen LogP contribution in [0.5, 0.6) is 0 Å². The number of hydrogen-bond donors (Lipinski definition) is 2. The molecular weight excluding hydrogens is 401 g/mol. The molecule has 130 valence electrons. The molecule has 0 amide bonds. The number of aliphatic imine (C=N–C) groups is 1. The summed E-state index contributed by atoms with van der Waals surface area (Å²) < 4.78 is 5.26. The largest absolute Gasteiger partial charge is 0.385 e. The molecule has 5 heteroatoms. The number of hydrogen-bond acceptors (Lipinski definition) is 2. The molecule has 0 spiro atoms. The molecule has 2 rings (SSSR count). The number of guanidine groups is 1. The van der Waals surface area contributed by atoms with Crippen LogP contribution in [0.1, 0.15) is 38.2 Å². The fourth-order valence-corrected chi connectivity index (χ4v) is 2.88. The van der Waals surface area contributed by atoms with Crippen molar-refractivity contribution in [2.45, 2.75) is 39.2 Å². The van der Waals surface area contributed by atoms with Gasteiger partial charge in [-0.15, -0.1) is 24.0 Å². The van der Waals surface area contributed by atoms with E-state index in [1.54, 1.807) is 7.11 Å². The van der Waals surface area contributed by atoms with E-state index in [1.165, 1.54) is 24.8 Å². The van der Waals surface area contributed by atoms with Crippen LogP contribution in [0.3, 0.4) is 0 Å². The minimum absolute atomic E-state index is 0. The highest BCUT2D eigenvalue weighted by Gasteiger charge is 2.36. The first kappa shape index (κ1) is 20.2. The molecule has 1 fully saturated rings. The van der Waals surface area contributed by atoms with Crippen LogP contribution in [-0.2, 0) is 11.3 Å². The number of methoxy groups -OCH3 is 1. The Labute approximate surface area is 157 Å². The Kier molecular flexibility index (Phi) is 9.55. The van der Waals surface area contributed by atoms with Crippen molar-refractivity contribution >= 4 is 29.9 Å². The molecule has 0 saturated heterocycles. The number of rotatable bonds is 8. The Morgan fingerprint density at radius 2 is 1.96 bits per heavy atom. The number of ether oxygens (including phenoxy) is 1. The van der Waals surface area contributed by atoms with E-state index in [-0.39, 0.29) is 24.0 Å². The van der Waals surface area contributed by atoms with Crippen LogP contribution >= 0.6 is 24.0 Å². The van der Waals surface area contributed by atoms with E-state index in [2.05, 4.69) is 46.8 Å². The molecule has 4 nitrogen and oxygen atoms in total. The average molecular weight is 431 g/mol.